The highest BCUT2D eigenvalue weighted by atomic mass is 32.1. The molecular weight excluding hydrogens is 180 g/mol. The van der Waals surface area contributed by atoms with E-state index >= 15 is 0 Å². The van der Waals surface area contributed by atoms with Gasteiger partial charge in [-0.05, 0) is 38.3 Å². The summed E-state index contributed by atoms with van der Waals surface area (Å²) in [7, 11) is 0. The highest BCUT2D eigenvalue weighted by Gasteiger charge is 2.08. The molecule has 0 saturated carbocycles. The van der Waals surface area contributed by atoms with Crippen LogP contribution in [0.4, 0.5) is 0 Å². The van der Waals surface area contributed by atoms with E-state index in [4.69, 9.17) is 0 Å². The van der Waals surface area contributed by atoms with Crippen LogP contribution in [0.3, 0.4) is 0 Å². The second-order valence-electron chi connectivity index (χ2n) is 3.18. The van der Waals surface area contributed by atoms with Crippen molar-refractivity contribution in [2.75, 3.05) is 0 Å². The number of thiophene rings is 1. The quantitative estimate of drug-likeness (QED) is 0.565. The minimum absolute atomic E-state index is 0.279. The number of aliphatic hydroxyl groups is 1. The Hall–Kier alpha value is -0.600. The summed E-state index contributed by atoms with van der Waals surface area (Å²) in [4.78, 5) is 2.35. The van der Waals surface area contributed by atoms with Crippen molar-refractivity contribution >= 4 is 11.3 Å². The van der Waals surface area contributed by atoms with Gasteiger partial charge in [-0.1, -0.05) is 6.08 Å². The molecule has 0 bridgehead atoms. The van der Waals surface area contributed by atoms with Gasteiger partial charge in [0, 0.05) is 9.75 Å². The molecule has 0 saturated heterocycles. The Kier molecular flexibility index (Phi) is 4.19. The highest BCUT2D eigenvalue weighted by molar-refractivity contribution is 7.11. The molecule has 1 atom stereocenters. The summed E-state index contributed by atoms with van der Waals surface area (Å²) in [6, 6.07) is 4.06. The first kappa shape index (κ1) is 10.5. The molecule has 72 valence electrons. The normalized spacial score (nSPS) is 12.8. The van der Waals surface area contributed by atoms with Gasteiger partial charge < -0.3 is 5.11 Å². The van der Waals surface area contributed by atoms with Crippen LogP contribution in [-0.2, 0) is 0 Å². The van der Waals surface area contributed by atoms with Crippen LogP contribution in [0.25, 0.3) is 0 Å². The molecule has 0 radical (unpaired) electrons. The van der Waals surface area contributed by atoms with Crippen LogP contribution in [0.1, 0.15) is 35.1 Å². The van der Waals surface area contributed by atoms with Gasteiger partial charge in [-0.3, -0.25) is 0 Å². The average molecular weight is 196 g/mol. The Balaban J connectivity index is 2.39. The Bertz CT molecular complexity index is 265. The minimum Gasteiger partial charge on any atom is -0.388 e. The summed E-state index contributed by atoms with van der Waals surface area (Å²) in [5, 5.41) is 9.74. The SMILES string of the molecule is C=CCCCC(O)c1ccc(C)s1. The molecule has 2 heteroatoms. The number of hydrogen-bond donors (Lipinski definition) is 1. The summed E-state index contributed by atoms with van der Waals surface area (Å²) in [6.07, 6.45) is 4.46. The molecule has 0 aliphatic heterocycles. The Morgan fingerprint density at radius 2 is 2.38 bits per heavy atom. The Morgan fingerprint density at radius 1 is 1.62 bits per heavy atom. The zero-order chi connectivity index (χ0) is 9.68. The van der Waals surface area contributed by atoms with Gasteiger partial charge in [0.1, 0.15) is 0 Å². The van der Waals surface area contributed by atoms with Gasteiger partial charge in [0.05, 0.1) is 6.10 Å². The monoisotopic (exact) mass is 196 g/mol. The third kappa shape index (κ3) is 3.33. The van der Waals surface area contributed by atoms with E-state index in [9.17, 15) is 5.11 Å². The van der Waals surface area contributed by atoms with Gasteiger partial charge in [0.2, 0.25) is 0 Å². The number of rotatable bonds is 5. The van der Waals surface area contributed by atoms with Gasteiger partial charge >= 0.3 is 0 Å². The third-order valence-electron chi connectivity index (χ3n) is 1.98. The Labute approximate surface area is 83.7 Å². The van der Waals surface area contributed by atoms with Crippen LogP contribution < -0.4 is 0 Å². The molecule has 1 heterocycles. The molecule has 1 nitrogen and oxygen atoms in total. The number of unbranched alkanes of at least 4 members (excludes halogenated alkanes) is 1. The van der Waals surface area contributed by atoms with Gasteiger partial charge in [-0.25, -0.2) is 0 Å². The van der Waals surface area contributed by atoms with E-state index < -0.39 is 0 Å². The van der Waals surface area contributed by atoms with Crippen LogP contribution in [-0.4, -0.2) is 5.11 Å². The predicted octanol–water partition coefficient (Wildman–Crippen LogP) is 3.45. The van der Waals surface area contributed by atoms with Crippen molar-refractivity contribution in [2.24, 2.45) is 0 Å². The van der Waals surface area contributed by atoms with E-state index in [1.165, 1.54) is 4.88 Å². The first-order chi connectivity index (χ1) is 6.24. The summed E-state index contributed by atoms with van der Waals surface area (Å²) in [6.45, 7) is 5.72. The summed E-state index contributed by atoms with van der Waals surface area (Å²) in [5.74, 6) is 0. The number of allylic oxidation sites excluding steroid dienone is 1. The lowest BCUT2D eigenvalue weighted by Gasteiger charge is -2.06. The lowest BCUT2D eigenvalue weighted by atomic mass is 10.1. The molecule has 1 aromatic heterocycles. The molecule has 0 spiro atoms. The molecule has 0 fully saturated rings. The summed E-state index contributed by atoms with van der Waals surface area (Å²) in [5.41, 5.74) is 0. The van der Waals surface area contributed by atoms with E-state index in [-0.39, 0.29) is 6.10 Å². The van der Waals surface area contributed by atoms with E-state index in [1.807, 2.05) is 12.1 Å². The van der Waals surface area contributed by atoms with Crippen LogP contribution in [0.2, 0.25) is 0 Å². The third-order valence-corrected chi connectivity index (χ3v) is 3.08. The van der Waals surface area contributed by atoms with Gasteiger partial charge in [0.25, 0.3) is 0 Å². The van der Waals surface area contributed by atoms with Crippen molar-refractivity contribution in [3.8, 4) is 0 Å². The smallest absolute Gasteiger partial charge is 0.0882 e. The van der Waals surface area contributed by atoms with Gasteiger partial charge in [-0.2, -0.15) is 0 Å². The van der Waals surface area contributed by atoms with Crippen molar-refractivity contribution in [2.45, 2.75) is 32.3 Å². The molecule has 1 unspecified atom stereocenters. The lowest BCUT2D eigenvalue weighted by Crippen LogP contribution is -1.93. The fraction of sp³-hybridized carbons (Fsp3) is 0.455. The predicted molar refractivity (Wildman–Crippen MR) is 58.1 cm³/mol. The number of aryl methyl sites for hydroxylation is 1. The maximum Gasteiger partial charge on any atom is 0.0882 e. The van der Waals surface area contributed by atoms with Crippen LogP contribution in [0.15, 0.2) is 24.8 Å². The van der Waals surface area contributed by atoms with E-state index in [0.717, 1.165) is 24.1 Å². The van der Waals surface area contributed by atoms with Crippen molar-refractivity contribution in [1.29, 1.82) is 0 Å². The fourth-order valence-corrected chi connectivity index (χ4v) is 2.13. The van der Waals surface area contributed by atoms with Crippen molar-refractivity contribution in [3.63, 3.8) is 0 Å². The first-order valence-corrected chi connectivity index (χ1v) is 5.41. The van der Waals surface area contributed by atoms with Crippen molar-refractivity contribution < 1.29 is 5.11 Å². The number of aliphatic hydroxyl groups excluding tert-OH is 1. The van der Waals surface area contributed by atoms with Crippen molar-refractivity contribution in [3.05, 3.63) is 34.5 Å². The molecule has 0 aromatic carbocycles. The molecule has 0 aliphatic carbocycles. The van der Waals surface area contributed by atoms with Crippen LogP contribution in [0, 0.1) is 6.92 Å². The molecule has 0 aliphatic rings. The molecule has 1 aromatic rings. The lowest BCUT2D eigenvalue weighted by molar-refractivity contribution is 0.168. The summed E-state index contributed by atoms with van der Waals surface area (Å²) >= 11 is 1.68. The maximum atomic E-state index is 9.74. The minimum atomic E-state index is -0.279. The number of hydrogen-bond acceptors (Lipinski definition) is 2. The van der Waals surface area contributed by atoms with E-state index in [0.29, 0.717) is 0 Å². The zero-order valence-electron chi connectivity index (χ0n) is 7.99. The summed E-state index contributed by atoms with van der Waals surface area (Å²) < 4.78 is 0. The van der Waals surface area contributed by atoms with E-state index in [1.54, 1.807) is 11.3 Å². The largest absolute Gasteiger partial charge is 0.388 e. The first-order valence-electron chi connectivity index (χ1n) is 4.59. The topological polar surface area (TPSA) is 20.2 Å². The van der Waals surface area contributed by atoms with Crippen LogP contribution >= 0.6 is 11.3 Å². The zero-order valence-corrected chi connectivity index (χ0v) is 8.81. The fourth-order valence-electron chi connectivity index (χ4n) is 1.23. The molecular formula is C11H16OS. The van der Waals surface area contributed by atoms with E-state index in [2.05, 4.69) is 19.6 Å². The second-order valence-corrected chi connectivity index (χ2v) is 4.50. The average Bonchev–Trinajstić information content (AvgIpc) is 2.52. The van der Waals surface area contributed by atoms with Crippen LogP contribution in [0.5, 0.6) is 0 Å². The highest BCUT2D eigenvalue weighted by Crippen LogP contribution is 2.26. The standard InChI is InChI=1S/C11H16OS/c1-3-4-5-6-10(12)11-8-7-9(2)13-11/h3,7-8,10,12H,1,4-6H2,2H3. The molecule has 1 rings (SSSR count). The molecule has 13 heavy (non-hydrogen) atoms. The van der Waals surface area contributed by atoms with Crippen molar-refractivity contribution in [1.82, 2.24) is 0 Å². The molecule has 0 amide bonds. The van der Waals surface area contributed by atoms with Gasteiger partial charge in [-0.15, -0.1) is 17.9 Å². The second kappa shape index (κ2) is 5.20. The Morgan fingerprint density at radius 3 is 2.92 bits per heavy atom. The van der Waals surface area contributed by atoms with Gasteiger partial charge in [0.15, 0.2) is 0 Å². The molecule has 1 N–H and O–H groups in total. The maximum absolute atomic E-state index is 9.74.